The van der Waals surface area contributed by atoms with Crippen molar-refractivity contribution in [1.82, 2.24) is 29.5 Å². The molecule has 9 heteroatoms. The number of hydrogen-bond donors (Lipinski definition) is 0. The number of halogens is 1. The van der Waals surface area contributed by atoms with Crippen molar-refractivity contribution in [3.8, 4) is 17.1 Å². The van der Waals surface area contributed by atoms with Crippen LogP contribution in [-0.4, -0.2) is 68.2 Å². The summed E-state index contributed by atoms with van der Waals surface area (Å²) in [5.74, 6) is 1.36. The Kier molecular flexibility index (Phi) is 7.65. The molecule has 2 aromatic carbocycles. The summed E-state index contributed by atoms with van der Waals surface area (Å²) in [5, 5.41) is 10.3. The summed E-state index contributed by atoms with van der Waals surface area (Å²) in [6, 6.07) is 19.3. The van der Waals surface area contributed by atoms with Gasteiger partial charge in [0.1, 0.15) is 0 Å². The second kappa shape index (κ2) is 11.2. The van der Waals surface area contributed by atoms with Gasteiger partial charge in [0.25, 0.3) is 5.91 Å². The lowest BCUT2D eigenvalue weighted by molar-refractivity contribution is 0.0642. The number of piperazine rings is 1. The van der Waals surface area contributed by atoms with Crippen molar-refractivity contribution in [3.63, 3.8) is 0 Å². The van der Waals surface area contributed by atoms with Gasteiger partial charge in [-0.25, -0.2) is 0 Å². The Morgan fingerprint density at radius 3 is 2.58 bits per heavy atom. The second-order valence-electron chi connectivity index (χ2n) is 8.54. The summed E-state index contributed by atoms with van der Waals surface area (Å²) in [6.07, 6.45) is 3.50. The molecule has 0 N–H and O–H groups in total. The molecule has 7 nitrogen and oxygen atoms in total. The molecule has 1 saturated heterocycles. The van der Waals surface area contributed by atoms with Crippen molar-refractivity contribution in [1.29, 1.82) is 0 Å². The average Bonchev–Trinajstić information content (AvgIpc) is 3.36. The number of carbonyl (C=O) groups is 1. The van der Waals surface area contributed by atoms with Gasteiger partial charge in [-0.1, -0.05) is 54.6 Å². The molecule has 1 fully saturated rings. The fraction of sp³-hybridized carbons (Fsp3) is 0.259. The normalized spacial score (nSPS) is 14.2. The van der Waals surface area contributed by atoms with E-state index in [0.717, 1.165) is 60.3 Å². The van der Waals surface area contributed by atoms with Gasteiger partial charge in [0, 0.05) is 60.5 Å². The highest BCUT2D eigenvalue weighted by atomic mass is 35.5. The summed E-state index contributed by atoms with van der Waals surface area (Å²) in [5.41, 5.74) is 3.45. The molecular formula is C27H27ClN6OS. The molecule has 3 heterocycles. The minimum Gasteiger partial charge on any atom is -0.336 e. The number of pyridine rings is 1. The molecule has 2 aromatic heterocycles. The van der Waals surface area contributed by atoms with Gasteiger partial charge < -0.3 is 9.80 Å². The van der Waals surface area contributed by atoms with Crippen molar-refractivity contribution < 1.29 is 4.79 Å². The highest BCUT2D eigenvalue weighted by Gasteiger charge is 2.24. The first-order chi connectivity index (χ1) is 17.6. The van der Waals surface area contributed by atoms with Crippen molar-refractivity contribution in [2.24, 2.45) is 0 Å². The fourth-order valence-corrected chi connectivity index (χ4v) is 5.47. The van der Waals surface area contributed by atoms with E-state index in [1.165, 1.54) is 0 Å². The number of amides is 1. The van der Waals surface area contributed by atoms with Gasteiger partial charge in [-0.2, -0.15) is 0 Å². The molecule has 0 atom stereocenters. The van der Waals surface area contributed by atoms with Crippen LogP contribution in [0.4, 0.5) is 0 Å². The molecule has 0 unspecified atom stereocenters. The molecule has 0 saturated carbocycles. The molecule has 0 radical (unpaired) electrons. The van der Waals surface area contributed by atoms with Gasteiger partial charge in [0.05, 0.1) is 5.69 Å². The van der Waals surface area contributed by atoms with Crippen LogP contribution in [0.5, 0.6) is 0 Å². The third kappa shape index (κ3) is 5.31. The van der Waals surface area contributed by atoms with Crippen LogP contribution < -0.4 is 0 Å². The van der Waals surface area contributed by atoms with Crippen LogP contribution >= 0.6 is 23.4 Å². The van der Waals surface area contributed by atoms with Gasteiger partial charge in [-0.05, 0) is 48.5 Å². The number of thioether (sulfide) groups is 1. The largest absolute Gasteiger partial charge is 0.336 e. The average molecular weight is 519 g/mol. The maximum atomic E-state index is 13.4. The van der Waals surface area contributed by atoms with Gasteiger partial charge in [0.2, 0.25) is 0 Å². The molecule has 1 aliphatic heterocycles. The second-order valence-corrected chi connectivity index (χ2v) is 9.91. The van der Waals surface area contributed by atoms with E-state index >= 15 is 0 Å². The predicted molar refractivity (Wildman–Crippen MR) is 144 cm³/mol. The zero-order valence-corrected chi connectivity index (χ0v) is 21.6. The first kappa shape index (κ1) is 24.5. The lowest BCUT2D eigenvalue weighted by Gasteiger charge is -2.34. The number of aromatic nitrogens is 4. The Hall–Kier alpha value is -3.20. The number of carbonyl (C=O) groups excluding carboxylic acids is 1. The highest BCUT2D eigenvalue weighted by Crippen LogP contribution is 2.31. The zero-order chi connectivity index (χ0) is 24.9. The summed E-state index contributed by atoms with van der Waals surface area (Å²) in [7, 11) is 0. The number of likely N-dealkylation sites (N-methyl/N-ethyl adjacent to an activating group) is 1. The van der Waals surface area contributed by atoms with Gasteiger partial charge in [0.15, 0.2) is 11.0 Å². The van der Waals surface area contributed by atoms with Crippen LogP contribution in [0.3, 0.4) is 0 Å². The summed E-state index contributed by atoms with van der Waals surface area (Å²) in [4.78, 5) is 22.0. The summed E-state index contributed by atoms with van der Waals surface area (Å²) in [6.45, 7) is 6.52. The topological polar surface area (TPSA) is 67.2 Å². The lowest BCUT2D eigenvalue weighted by atomic mass is 10.1. The Bertz CT molecular complexity index is 1340. The molecule has 1 aliphatic rings. The number of hydrogen-bond acceptors (Lipinski definition) is 6. The minimum absolute atomic E-state index is 0.0920. The fourth-order valence-electron chi connectivity index (χ4n) is 4.33. The number of benzene rings is 2. The Balaban J connectivity index is 1.42. The highest BCUT2D eigenvalue weighted by molar-refractivity contribution is 7.98. The van der Waals surface area contributed by atoms with E-state index in [0.29, 0.717) is 16.6 Å². The van der Waals surface area contributed by atoms with Crippen LogP contribution in [0.1, 0.15) is 22.8 Å². The number of rotatable bonds is 7. The van der Waals surface area contributed by atoms with Crippen LogP contribution in [0.15, 0.2) is 78.2 Å². The van der Waals surface area contributed by atoms with Crippen LogP contribution in [0, 0.1) is 0 Å². The molecule has 1 amide bonds. The monoisotopic (exact) mass is 518 g/mol. The standard InChI is InChI=1S/C27H27ClN6OS/c1-2-32-13-15-33(16-14-32)26(35)24-11-4-3-7-21(24)19-36-27-31-30-25(20-8-6-12-29-18-20)34(27)23-10-5-9-22(28)17-23/h3-12,17-18H,2,13-16,19H2,1H3. The van der Waals surface area contributed by atoms with Gasteiger partial charge in [-0.3, -0.25) is 14.3 Å². The van der Waals surface area contributed by atoms with Crippen LogP contribution in [-0.2, 0) is 5.75 Å². The van der Waals surface area contributed by atoms with Gasteiger partial charge >= 0.3 is 0 Å². The number of nitrogens with zero attached hydrogens (tertiary/aromatic N) is 6. The van der Waals surface area contributed by atoms with Crippen molar-refractivity contribution in [2.45, 2.75) is 17.8 Å². The van der Waals surface area contributed by atoms with E-state index in [1.807, 2.05) is 70.1 Å². The van der Waals surface area contributed by atoms with E-state index in [4.69, 9.17) is 11.6 Å². The lowest BCUT2D eigenvalue weighted by Crippen LogP contribution is -2.48. The molecule has 0 bridgehead atoms. The Morgan fingerprint density at radius 2 is 1.83 bits per heavy atom. The SMILES string of the molecule is CCN1CCN(C(=O)c2ccccc2CSc2nnc(-c3cccnc3)n2-c2cccc(Cl)c2)CC1. The minimum atomic E-state index is 0.0920. The third-order valence-electron chi connectivity index (χ3n) is 6.33. The van der Waals surface area contributed by atoms with E-state index in [9.17, 15) is 4.79 Å². The first-order valence-electron chi connectivity index (χ1n) is 12.0. The predicted octanol–water partition coefficient (Wildman–Crippen LogP) is 5.05. The van der Waals surface area contributed by atoms with E-state index in [2.05, 4.69) is 27.0 Å². The van der Waals surface area contributed by atoms with E-state index in [-0.39, 0.29) is 5.91 Å². The molecule has 36 heavy (non-hydrogen) atoms. The Labute approximate surface area is 220 Å². The molecule has 0 spiro atoms. The molecule has 5 rings (SSSR count). The maximum Gasteiger partial charge on any atom is 0.254 e. The van der Waals surface area contributed by atoms with E-state index < -0.39 is 0 Å². The smallest absolute Gasteiger partial charge is 0.254 e. The first-order valence-corrected chi connectivity index (χ1v) is 13.3. The molecule has 184 valence electrons. The summed E-state index contributed by atoms with van der Waals surface area (Å²) >= 11 is 7.86. The molecule has 4 aromatic rings. The third-order valence-corrected chi connectivity index (χ3v) is 7.54. The maximum absolute atomic E-state index is 13.4. The van der Waals surface area contributed by atoms with Crippen molar-refractivity contribution >= 4 is 29.3 Å². The van der Waals surface area contributed by atoms with Gasteiger partial charge in [-0.15, -0.1) is 10.2 Å². The molecular weight excluding hydrogens is 492 g/mol. The van der Waals surface area contributed by atoms with Crippen molar-refractivity contribution in [3.05, 3.63) is 89.2 Å². The zero-order valence-electron chi connectivity index (χ0n) is 20.0. The van der Waals surface area contributed by atoms with E-state index in [1.54, 1.807) is 24.2 Å². The summed E-state index contributed by atoms with van der Waals surface area (Å²) < 4.78 is 1.99. The Morgan fingerprint density at radius 1 is 1.00 bits per heavy atom. The van der Waals surface area contributed by atoms with Crippen LogP contribution in [0.25, 0.3) is 17.1 Å². The van der Waals surface area contributed by atoms with Crippen molar-refractivity contribution in [2.75, 3.05) is 32.7 Å². The quantitative estimate of drug-likeness (QED) is 0.319. The molecule has 0 aliphatic carbocycles. The van der Waals surface area contributed by atoms with Crippen LogP contribution in [0.2, 0.25) is 5.02 Å².